The lowest BCUT2D eigenvalue weighted by Gasteiger charge is -2.26. The van der Waals surface area contributed by atoms with Crippen molar-refractivity contribution >= 4 is 0 Å². The van der Waals surface area contributed by atoms with Gasteiger partial charge < -0.3 is 10.2 Å². The quantitative estimate of drug-likeness (QED) is 0.719. The van der Waals surface area contributed by atoms with E-state index in [-0.39, 0.29) is 11.5 Å². The van der Waals surface area contributed by atoms with Gasteiger partial charge in [-0.2, -0.15) is 0 Å². The summed E-state index contributed by atoms with van der Waals surface area (Å²) in [7, 11) is 0. The van der Waals surface area contributed by atoms with Crippen LogP contribution in [0.4, 0.5) is 0 Å². The predicted molar refractivity (Wildman–Crippen MR) is 69.8 cm³/mol. The van der Waals surface area contributed by atoms with E-state index in [2.05, 4.69) is 6.92 Å². The summed E-state index contributed by atoms with van der Waals surface area (Å²) < 4.78 is 0. The highest BCUT2D eigenvalue weighted by molar-refractivity contribution is 5.58. The molecule has 1 aliphatic rings. The van der Waals surface area contributed by atoms with Gasteiger partial charge in [0.25, 0.3) is 0 Å². The molecule has 0 atom stereocenters. The molecule has 1 saturated carbocycles. The molecule has 1 fully saturated rings. The van der Waals surface area contributed by atoms with Gasteiger partial charge in [0.05, 0.1) is 0 Å². The van der Waals surface area contributed by atoms with E-state index in [0.717, 1.165) is 35.1 Å². The molecular weight excluding hydrogens is 212 g/mol. The van der Waals surface area contributed by atoms with Gasteiger partial charge in [0.15, 0.2) is 11.5 Å². The number of rotatable bonds is 1. The molecule has 1 aromatic carbocycles. The average Bonchev–Trinajstić information content (AvgIpc) is 2.36. The highest BCUT2D eigenvalue weighted by Crippen LogP contribution is 2.45. The Morgan fingerprint density at radius 3 is 1.94 bits per heavy atom. The molecule has 2 nitrogen and oxygen atoms in total. The maximum absolute atomic E-state index is 10.2. The van der Waals surface area contributed by atoms with Crippen LogP contribution in [0.5, 0.6) is 11.5 Å². The van der Waals surface area contributed by atoms with Crippen LogP contribution >= 0.6 is 0 Å². The van der Waals surface area contributed by atoms with Crippen molar-refractivity contribution in [3.8, 4) is 11.5 Å². The smallest absolute Gasteiger partial charge is 0.161 e. The van der Waals surface area contributed by atoms with Crippen LogP contribution in [0, 0.1) is 20.8 Å². The van der Waals surface area contributed by atoms with Gasteiger partial charge in [-0.15, -0.1) is 0 Å². The molecule has 2 rings (SSSR count). The molecule has 2 heteroatoms. The summed E-state index contributed by atoms with van der Waals surface area (Å²) in [5.41, 5.74) is 4.07. The standard InChI is InChI=1S/C15H22O2/c1-9-10(2)13(12-7-5-4-6-8-12)15(17)14(16)11(9)3/h12,16-17H,4-8H2,1-3H3. The summed E-state index contributed by atoms with van der Waals surface area (Å²) in [6.07, 6.45) is 6.04. The zero-order chi connectivity index (χ0) is 12.6. The fourth-order valence-electron chi connectivity index (χ4n) is 3.03. The molecule has 1 aliphatic carbocycles. The molecule has 0 bridgehead atoms. The fourth-order valence-corrected chi connectivity index (χ4v) is 3.03. The number of phenolic OH excluding ortho intramolecular Hbond substituents is 2. The van der Waals surface area contributed by atoms with Gasteiger partial charge in [0, 0.05) is 5.56 Å². The molecule has 1 aromatic rings. The first-order chi connectivity index (χ1) is 8.04. The summed E-state index contributed by atoms with van der Waals surface area (Å²) in [4.78, 5) is 0. The normalized spacial score (nSPS) is 17.4. The van der Waals surface area contributed by atoms with Crippen molar-refractivity contribution in [1.82, 2.24) is 0 Å². The number of benzene rings is 1. The van der Waals surface area contributed by atoms with E-state index in [0.29, 0.717) is 5.92 Å². The first kappa shape index (κ1) is 12.3. The summed E-state index contributed by atoms with van der Waals surface area (Å²) in [6, 6.07) is 0. The third-order valence-electron chi connectivity index (χ3n) is 4.38. The molecule has 2 N–H and O–H groups in total. The Bertz CT molecular complexity index is 400. The van der Waals surface area contributed by atoms with Crippen molar-refractivity contribution in [3.63, 3.8) is 0 Å². The fraction of sp³-hybridized carbons (Fsp3) is 0.600. The van der Waals surface area contributed by atoms with Gasteiger partial charge in [0.2, 0.25) is 0 Å². The van der Waals surface area contributed by atoms with Crippen LogP contribution in [0.15, 0.2) is 0 Å². The van der Waals surface area contributed by atoms with Gasteiger partial charge in [0.1, 0.15) is 0 Å². The van der Waals surface area contributed by atoms with Crippen molar-refractivity contribution < 1.29 is 10.2 Å². The van der Waals surface area contributed by atoms with E-state index >= 15 is 0 Å². The molecule has 17 heavy (non-hydrogen) atoms. The maximum Gasteiger partial charge on any atom is 0.161 e. The molecule has 0 heterocycles. The van der Waals surface area contributed by atoms with E-state index in [1.54, 1.807) is 0 Å². The lowest BCUT2D eigenvalue weighted by Crippen LogP contribution is -2.08. The molecule has 0 saturated heterocycles. The largest absolute Gasteiger partial charge is 0.504 e. The second-order valence-corrected chi connectivity index (χ2v) is 5.32. The summed E-state index contributed by atoms with van der Waals surface area (Å²) in [5.74, 6) is 0.625. The van der Waals surface area contributed by atoms with E-state index in [1.807, 2.05) is 13.8 Å². The molecule has 0 aromatic heterocycles. The Kier molecular flexibility index (Phi) is 3.32. The second-order valence-electron chi connectivity index (χ2n) is 5.32. The third kappa shape index (κ3) is 2.01. The highest BCUT2D eigenvalue weighted by Gasteiger charge is 2.24. The Morgan fingerprint density at radius 1 is 0.765 bits per heavy atom. The van der Waals surface area contributed by atoms with Gasteiger partial charge in [-0.05, 0) is 56.2 Å². The Labute approximate surface area is 103 Å². The highest BCUT2D eigenvalue weighted by atomic mass is 16.3. The topological polar surface area (TPSA) is 40.5 Å². The molecule has 0 radical (unpaired) electrons. The average molecular weight is 234 g/mol. The van der Waals surface area contributed by atoms with Gasteiger partial charge in [-0.25, -0.2) is 0 Å². The van der Waals surface area contributed by atoms with Crippen LogP contribution in [0.2, 0.25) is 0 Å². The van der Waals surface area contributed by atoms with Crippen LogP contribution in [-0.2, 0) is 0 Å². The van der Waals surface area contributed by atoms with Crippen LogP contribution < -0.4 is 0 Å². The van der Waals surface area contributed by atoms with E-state index in [1.165, 1.54) is 19.3 Å². The minimum atomic E-state index is 0.0775. The maximum atomic E-state index is 10.2. The Hall–Kier alpha value is -1.18. The van der Waals surface area contributed by atoms with Crippen molar-refractivity contribution in [2.75, 3.05) is 0 Å². The van der Waals surface area contributed by atoms with E-state index in [4.69, 9.17) is 0 Å². The number of aromatic hydroxyl groups is 2. The number of hydrogen-bond acceptors (Lipinski definition) is 2. The molecule has 0 unspecified atom stereocenters. The van der Waals surface area contributed by atoms with Crippen LogP contribution in [0.25, 0.3) is 0 Å². The molecule has 94 valence electrons. The Morgan fingerprint density at radius 2 is 1.35 bits per heavy atom. The molecule has 0 aliphatic heterocycles. The first-order valence-electron chi connectivity index (χ1n) is 6.55. The van der Waals surface area contributed by atoms with Gasteiger partial charge in [-0.1, -0.05) is 19.3 Å². The SMILES string of the molecule is Cc1c(C)c(O)c(O)c(C2CCCCC2)c1C. The minimum absolute atomic E-state index is 0.0775. The molecule has 0 amide bonds. The zero-order valence-corrected chi connectivity index (χ0v) is 11.0. The number of phenols is 2. The van der Waals surface area contributed by atoms with E-state index in [9.17, 15) is 10.2 Å². The second kappa shape index (κ2) is 4.59. The third-order valence-corrected chi connectivity index (χ3v) is 4.38. The lowest BCUT2D eigenvalue weighted by molar-refractivity contribution is 0.377. The van der Waals surface area contributed by atoms with Crippen LogP contribution in [0.3, 0.4) is 0 Å². The number of hydrogen-bond donors (Lipinski definition) is 2. The zero-order valence-electron chi connectivity index (χ0n) is 11.0. The van der Waals surface area contributed by atoms with Crippen molar-refractivity contribution in [2.24, 2.45) is 0 Å². The van der Waals surface area contributed by atoms with E-state index < -0.39 is 0 Å². The van der Waals surface area contributed by atoms with Gasteiger partial charge >= 0.3 is 0 Å². The lowest BCUT2D eigenvalue weighted by atomic mass is 9.80. The monoisotopic (exact) mass is 234 g/mol. The predicted octanol–water partition coefficient (Wildman–Crippen LogP) is 4.07. The minimum Gasteiger partial charge on any atom is -0.504 e. The van der Waals surface area contributed by atoms with Crippen LogP contribution in [-0.4, -0.2) is 10.2 Å². The summed E-state index contributed by atoms with van der Waals surface area (Å²) >= 11 is 0. The summed E-state index contributed by atoms with van der Waals surface area (Å²) in [6.45, 7) is 5.95. The summed E-state index contributed by atoms with van der Waals surface area (Å²) in [5, 5.41) is 20.2. The van der Waals surface area contributed by atoms with Crippen molar-refractivity contribution in [3.05, 3.63) is 22.3 Å². The van der Waals surface area contributed by atoms with Crippen LogP contribution in [0.1, 0.15) is 60.3 Å². The first-order valence-corrected chi connectivity index (χ1v) is 6.55. The van der Waals surface area contributed by atoms with Crippen molar-refractivity contribution in [1.29, 1.82) is 0 Å². The Balaban J connectivity index is 2.52. The van der Waals surface area contributed by atoms with Crippen molar-refractivity contribution in [2.45, 2.75) is 58.8 Å². The molecular formula is C15H22O2. The molecule has 0 spiro atoms. The van der Waals surface area contributed by atoms with Gasteiger partial charge in [-0.3, -0.25) is 0 Å².